The molecule has 1 heterocycles. The summed E-state index contributed by atoms with van der Waals surface area (Å²) in [6, 6.07) is 7.02. The van der Waals surface area contributed by atoms with Crippen LogP contribution in [0, 0.1) is 5.92 Å². The van der Waals surface area contributed by atoms with Gasteiger partial charge in [0.1, 0.15) is 0 Å². The molecule has 1 unspecified atom stereocenters. The third kappa shape index (κ3) is 4.06. The van der Waals surface area contributed by atoms with Gasteiger partial charge in [-0.15, -0.1) is 0 Å². The molecule has 1 aromatic carbocycles. The Hall–Kier alpha value is -1.88. The molecule has 5 nitrogen and oxygen atoms in total. The fourth-order valence-electron chi connectivity index (χ4n) is 2.31. The molecule has 0 saturated carbocycles. The highest BCUT2D eigenvalue weighted by molar-refractivity contribution is 5.92. The summed E-state index contributed by atoms with van der Waals surface area (Å²) >= 11 is 0. The summed E-state index contributed by atoms with van der Waals surface area (Å²) in [5.41, 5.74) is 1.23. The monoisotopic (exact) mass is 262 g/mol. The lowest BCUT2D eigenvalue weighted by atomic mass is 10.0. The van der Waals surface area contributed by atoms with Crippen LogP contribution in [-0.4, -0.2) is 30.1 Å². The minimum atomic E-state index is -0.901. The molecule has 1 aromatic rings. The highest BCUT2D eigenvalue weighted by Gasteiger charge is 2.18. The van der Waals surface area contributed by atoms with E-state index in [4.69, 9.17) is 5.11 Å². The van der Waals surface area contributed by atoms with Crippen LogP contribution in [0.2, 0.25) is 0 Å². The number of para-hydroxylation sites is 1. The lowest BCUT2D eigenvalue weighted by Crippen LogP contribution is -2.19. The number of hydrogen-bond acceptors (Lipinski definition) is 3. The van der Waals surface area contributed by atoms with E-state index < -0.39 is 5.97 Å². The Morgan fingerprint density at radius 3 is 2.84 bits per heavy atom. The van der Waals surface area contributed by atoms with Crippen molar-refractivity contribution in [1.29, 1.82) is 0 Å². The topological polar surface area (TPSA) is 78.4 Å². The highest BCUT2D eigenvalue weighted by Crippen LogP contribution is 2.18. The maximum atomic E-state index is 11.9. The Balaban J connectivity index is 1.97. The zero-order chi connectivity index (χ0) is 13.7. The van der Waals surface area contributed by atoms with Crippen molar-refractivity contribution < 1.29 is 14.7 Å². The number of carbonyl (C=O) groups is 2. The van der Waals surface area contributed by atoms with Crippen molar-refractivity contribution >= 4 is 17.6 Å². The first kappa shape index (κ1) is 13.5. The fourth-order valence-corrected chi connectivity index (χ4v) is 2.31. The smallest absolute Gasteiger partial charge is 0.307 e. The molecule has 0 aromatic heterocycles. The van der Waals surface area contributed by atoms with Gasteiger partial charge >= 0.3 is 5.97 Å². The third-order valence-corrected chi connectivity index (χ3v) is 3.27. The zero-order valence-electron chi connectivity index (χ0n) is 10.7. The molecule has 102 valence electrons. The second-order valence-electron chi connectivity index (χ2n) is 4.84. The van der Waals surface area contributed by atoms with Crippen LogP contribution in [0.3, 0.4) is 0 Å². The number of carboxylic acid groups (broad SMARTS) is 1. The number of amides is 1. The molecule has 1 aliphatic rings. The van der Waals surface area contributed by atoms with Crippen molar-refractivity contribution in [2.45, 2.75) is 19.3 Å². The molecule has 1 fully saturated rings. The Kier molecular flexibility index (Phi) is 4.52. The second kappa shape index (κ2) is 6.33. The van der Waals surface area contributed by atoms with Crippen molar-refractivity contribution in [2.24, 2.45) is 5.92 Å². The van der Waals surface area contributed by atoms with E-state index in [1.54, 1.807) is 24.3 Å². The maximum Gasteiger partial charge on any atom is 0.307 e. The molecule has 0 radical (unpaired) electrons. The van der Waals surface area contributed by atoms with Gasteiger partial charge in [0.15, 0.2) is 0 Å². The summed E-state index contributed by atoms with van der Waals surface area (Å²) in [4.78, 5) is 22.7. The lowest BCUT2D eigenvalue weighted by Gasteiger charge is -2.12. The second-order valence-corrected chi connectivity index (χ2v) is 4.84. The fraction of sp³-hybridized carbons (Fsp3) is 0.429. The predicted molar refractivity (Wildman–Crippen MR) is 72.0 cm³/mol. The molecule has 1 atom stereocenters. The lowest BCUT2D eigenvalue weighted by molar-refractivity contribution is -0.136. The van der Waals surface area contributed by atoms with Crippen molar-refractivity contribution in [3.63, 3.8) is 0 Å². The van der Waals surface area contributed by atoms with E-state index >= 15 is 0 Å². The van der Waals surface area contributed by atoms with Crippen molar-refractivity contribution in [1.82, 2.24) is 5.32 Å². The number of hydrogen-bond donors (Lipinski definition) is 3. The molecule has 1 aliphatic heterocycles. The molecule has 1 saturated heterocycles. The molecule has 19 heavy (non-hydrogen) atoms. The van der Waals surface area contributed by atoms with Gasteiger partial charge in [-0.05, 0) is 37.1 Å². The van der Waals surface area contributed by atoms with Gasteiger partial charge in [0.05, 0.1) is 6.42 Å². The SMILES string of the molecule is O=C(O)Cc1ccccc1NC(=O)CC1CCNC1. The molecule has 1 amide bonds. The summed E-state index contributed by atoms with van der Waals surface area (Å²) < 4.78 is 0. The van der Waals surface area contributed by atoms with Crippen LogP contribution in [-0.2, 0) is 16.0 Å². The summed E-state index contributed by atoms with van der Waals surface area (Å²) in [5, 5.41) is 14.9. The van der Waals surface area contributed by atoms with E-state index in [0.717, 1.165) is 19.5 Å². The Morgan fingerprint density at radius 2 is 2.16 bits per heavy atom. The number of carboxylic acids is 1. The number of aliphatic carboxylic acids is 1. The predicted octanol–water partition coefficient (Wildman–Crippen LogP) is 1.25. The molecular formula is C14H18N2O3. The third-order valence-electron chi connectivity index (χ3n) is 3.27. The maximum absolute atomic E-state index is 11.9. The minimum Gasteiger partial charge on any atom is -0.481 e. The molecule has 0 spiro atoms. The average Bonchev–Trinajstić information content (AvgIpc) is 2.83. The van der Waals surface area contributed by atoms with Crippen LogP contribution in [0.4, 0.5) is 5.69 Å². The Bertz CT molecular complexity index is 468. The number of benzene rings is 1. The quantitative estimate of drug-likeness (QED) is 0.746. The first-order valence-electron chi connectivity index (χ1n) is 6.45. The van der Waals surface area contributed by atoms with Crippen LogP contribution < -0.4 is 10.6 Å². The summed E-state index contributed by atoms with van der Waals surface area (Å²) in [6.07, 6.45) is 1.42. The number of nitrogens with one attached hydrogen (secondary N) is 2. The van der Waals surface area contributed by atoms with E-state index in [0.29, 0.717) is 23.6 Å². The van der Waals surface area contributed by atoms with Gasteiger partial charge in [0, 0.05) is 12.1 Å². The van der Waals surface area contributed by atoms with Crippen LogP contribution in [0.5, 0.6) is 0 Å². The van der Waals surface area contributed by atoms with E-state index in [2.05, 4.69) is 10.6 Å². The van der Waals surface area contributed by atoms with Crippen molar-refractivity contribution in [2.75, 3.05) is 18.4 Å². The molecule has 2 rings (SSSR count). The van der Waals surface area contributed by atoms with Gasteiger partial charge in [0.2, 0.25) is 5.91 Å². The van der Waals surface area contributed by atoms with Crippen LogP contribution in [0.15, 0.2) is 24.3 Å². The largest absolute Gasteiger partial charge is 0.481 e. The van der Waals surface area contributed by atoms with Gasteiger partial charge in [-0.3, -0.25) is 9.59 Å². The van der Waals surface area contributed by atoms with E-state index in [1.165, 1.54) is 0 Å². The average molecular weight is 262 g/mol. The van der Waals surface area contributed by atoms with Gasteiger partial charge < -0.3 is 15.7 Å². The normalized spacial score (nSPS) is 18.2. The number of rotatable bonds is 5. The van der Waals surface area contributed by atoms with Gasteiger partial charge in [0.25, 0.3) is 0 Å². The van der Waals surface area contributed by atoms with Crippen LogP contribution in [0.25, 0.3) is 0 Å². The Labute approximate surface area is 112 Å². The first-order valence-corrected chi connectivity index (χ1v) is 6.45. The van der Waals surface area contributed by atoms with E-state index in [9.17, 15) is 9.59 Å². The molecule has 3 N–H and O–H groups in total. The van der Waals surface area contributed by atoms with E-state index in [1.807, 2.05) is 0 Å². The summed E-state index contributed by atoms with van der Waals surface area (Å²) in [5.74, 6) is -0.570. The van der Waals surface area contributed by atoms with Gasteiger partial charge in [-0.2, -0.15) is 0 Å². The summed E-state index contributed by atoms with van der Waals surface area (Å²) in [6.45, 7) is 1.84. The molecule has 0 aliphatic carbocycles. The van der Waals surface area contributed by atoms with Crippen LogP contribution >= 0.6 is 0 Å². The van der Waals surface area contributed by atoms with Gasteiger partial charge in [-0.25, -0.2) is 0 Å². The first-order chi connectivity index (χ1) is 9.15. The van der Waals surface area contributed by atoms with Crippen LogP contribution in [0.1, 0.15) is 18.4 Å². The standard InChI is InChI=1S/C14H18N2O3/c17-13(7-10-5-6-15-9-10)16-12-4-2-1-3-11(12)8-14(18)19/h1-4,10,15H,5-9H2,(H,16,17)(H,18,19). The van der Waals surface area contributed by atoms with Crippen molar-refractivity contribution in [3.8, 4) is 0 Å². The molecule has 0 bridgehead atoms. The summed E-state index contributed by atoms with van der Waals surface area (Å²) in [7, 11) is 0. The molecule has 5 heteroatoms. The zero-order valence-corrected chi connectivity index (χ0v) is 10.7. The van der Waals surface area contributed by atoms with Gasteiger partial charge in [-0.1, -0.05) is 18.2 Å². The Morgan fingerprint density at radius 1 is 1.37 bits per heavy atom. The highest BCUT2D eigenvalue weighted by atomic mass is 16.4. The minimum absolute atomic E-state index is 0.0495. The van der Waals surface area contributed by atoms with E-state index in [-0.39, 0.29) is 12.3 Å². The number of carbonyl (C=O) groups excluding carboxylic acids is 1. The molecular weight excluding hydrogens is 244 g/mol. The number of anilines is 1. The van der Waals surface area contributed by atoms with Crippen molar-refractivity contribution in [3.05, 3.63) is 29.8 Å².